The van der Waals surface area contributed by atoms with Crippen molar-refractivity contribution in [2.45, 2.75) is 38.1 Å². The maximum Gasteiger partial charge on any atom is 0.278 e. The molecule has 2 heterocycles. The minimum atomic E-state index is -0.855. The van der Waals surface area contributed by atoms with Gasteiger partial charge < -0.3 is 16.0 Å². The van der Waals surface area contributed by atoms with Gasteiger partial charge in [0.1, 0.15) is 11.7 Å². The fraction of sp³-hybridized carbons (Fsp3) is 0.259. The Hall–Kier alpha value is -3.91. The molecule has 0 bridgehead atoms. The number of anilines is 2. The van der Waals surface area contributed by atoms with Crippen molar-refractivity contribution in [3.8, 4) is 0 Å². The monoisotopic (exact) mass is 504 g/mol. The number of nitrogens with one attached hydrogen (secondary N) is 3. The van der Waals surface area contributed by atoms with Gasteiger partial charge in [0.2, 0.25) is 11.8 Å². The van der Waals surface area contributed by atoms with Gasteiger partial charge in [0.05, 0.1) is 0 Å². The van der Waals surface area contributed by atoms with Crippen LogP contribution in [0, 0.1) is 12.8 Å². The molecule has 9 heteroatoms. The third-order valence-electron chi connectivity index (χ3n) is 6.75. The summed E-state index contributed by atoms with van der Waals surface area (Å²) < 4.78 is 0. The summed E-state index contributed by atoms with van der Waals surface area (Å²) in [5.41, 5.74) is 3.87. The minimum Gasteiger partial charge on any atom is -0.351 e. The Morgan fingerprint density at radius 2 is 1.94 bits per heavy atom. The van der Waals surface area contributed by atoms with E-state index in [9.17, 15) is 19.2 Å². The zero-order valence-corrected chi connectivity index (χ0v) is 20.4. The molecule has 2 aromatic carbocycles. The van der Waals surface area contributed by atoms with Crippen molar-refractivity contribution >= 4 is 46.6 Å². The van der Waals surface area contributed by atoms with Gasteiger partial charge in [-0.05, 0) is 67.5 Å². The lowest BCUT2D eigenvalue weighted by Gasteiger charge is -2.29. The van der Waals surface area contributed by atoms with Crippen LogP contribution in [0.1, 0.15) is 36.3 Å². The Kier molecular flexibility index (Phi) is 6.14. The first-order chi connectivity index (χ1) is 17.2. The van der Waals surface area contributed by atoms with Crippen LogP contribution in [-0.4, -0.2) is 34.6 Å². The average Bonchev–Trinajstić information content (AvgIpc) is 3.59. The molecule has 2 aromatic rings. The van der Waals surface area contributed by atoms with Crippen molar-refractivity contribution in [1.29, 1.82) is 0 Å². The lowest BCUT2D eigenvalue weighted by Crippen LogP contribution is -2.52. The molecule has 1 unspecified atom stereocenters. The van der Waals surface area contributed by atoms with Gasteiger partial charge in [-0.1, -0.05) is 36.4 Å². The fourth-order valence-electron chi connectivity index (χ4n) is 4.64. The number of aryl methyl sites for hydroxylation is 1. The predicted octanol–water partition coefficient (Wildman–Crippen LogP) is 3.85. The molecule has 8 nitrogen and oxygen atoms in total. The van der Waals surface area contributed by atoms with Gasteiger partial charge >= 0.3 is 0 Å². The van der Waals surface area contributed by atoms with Crippen LogP contribution in [0.3, 0.4) is 0 Å². The number of carbonyl (C=O) groups excluding carboxylic acids is 4. The summed E-state index contributed by atoms with van der Waals surface area (Å²) in [7, 11) is 0. The van der Waals surface area contributed by atoms with Crippen molar-refractivity contribution in [2.24, 2.45) is 5.92 Å². The highest BCUT2D eigenvalue weighted by atomic mass is 35.5. The lowest BCUT2D eigenvalue weighted by molar-refractivity contribution is -0.146. The molecule has 0 spiro atoms. The summed E-state index contributed by atoms with van der Waals surface area (Å²) in [6.07, 6.45) is 2.78. The van der Waals surface area contributed by atoms with Crippen LogP contribution in [0.5, 0.6) is 0 Å². The highest BCUT2D eigenvalue weighted by Gasteiger charge is 2.44. The first-order valence-electron chi connectivity index (χ1n) is 11.7. The molecule has 184 valence electrons. The number of benzene rings is 2. The van der Waals surface area contributed by atoms with Crippen molar-refractivity contribution in [3.63, 3.8) is 0 Å². The lowest BCUT2D eigenvalue weighted by atomic mass is 10.0. The van der Waals surface area contributed by atoms with Crippen LogP contribution >= 0.6 is 11.6 Å². The van der Waals surface area contributed by atoms with Crippen LogP contribution in [0.25, 0.3) is 0 Å². The van der Waals surface area contributed by atoms with E-state index < -0.39 is 23.8 Å². The highest BCUT2D eigenvalue weighted by Crippen LogP contribution is 2.48. The largest absolute Gasteiger partial charge is 0.351 e. The van der Waals surface area contributed by atoms with E-state index >= 15 is 0 Å². The van der Waals surface area contributed by atoms with Gasteiger partial charge in [-0.3, -0.25) is 24.1 Å². The molecule has 0 aromatic heterocycles. The third-order valence-corrected chi connectivity index (χ3v) is 7.16. The van der Waals surface area contributed by atoms with E-state index in [1.165, 1.54) is 6.08 Å². The quantitative estimate of drug-likeness (QED) is 0.518. The molecular weight excluding hydrogens is 480 g/mol. The number of piperidine rings is 1. The Bertz CT molecular complexity index is 1350. The van der Waals surface area contributed by atoms with Crippen LogP contribution in [-0.2, 0) is 19.2 Å². The van der Waals surface area contributed by atoms with Gasteiger partial charge in [0, 0.05) is 34.1 Å². The van der Waals surface area contributed by atoms with Crippen molar-refractivity contribution in [1.82, 2.24) is 10.2 Å². The van der Waals surface area contributed by atoms with E-state index in [0.29, 0.717) is 41.4 Å². The van der Waals surface area contributed by atoms with E-state index in [4.69, 9.17) is 11.6 Å². The Morgan fingerprint density at radius 3 is 2.69 bits per heavy atom. The van der Waals surface area contributed by atoms with Crippen molar-refractivity contribution in [3.05, 3.63) is 82.7 Å². The summed E-state index contributed by atoms with van der Waals surface area (Å²) in [5, 5.41) is 9.15. The molecular formula is C27H25ClN4O4. The van der Waals surface area contributed by atoms with Crippen molar-refractivity contribution < 1.29 is 19.2 Å². The zero-order chi connectivity index (χ0) is 25.6. The van der Waals surface area contributed by atoms with Gasteiger partial charge in [-0.2, -0.15) is 0 Å². The number of amides is 4. The second kappa shape index (κ2) is 9.28. The molecule has 4 amide bonds. The molecule has 3 aliphatic rings. The number of allylic oxidation sites excluding steroid dienone is 1. The minimum absolute atomic E-state index is 0.0538. The summed E-state index contributed by atoms with van der Waals surface area (Å²) in [5.74, 6) is -1.65. The summed E-state index contributed by atoms with van der Waals surface area (Å²) >= 11 is 6.16. The Labute approximate surface area is 213 Å². The Balaban J connectivity index is 1.23. The number of imide groups is 1. The van der Waals surface area contributed by atoms with Gasteiger partial charge in [-0.25, -0.2) is 0 Å². The van der Waals surface area contributed by atoms with E-state index in [0.717, 1.165) is 16.0 Å². The Morgan fingerprint density at radius 1 is 1.14 bits per heavy atom. The van der Waals surface area contributed by atoms with Crippen molar-refractivity contribution in [2.75, 3.05) is 10.6 Å². The molecule has 36 heavy (non-hydrogen) atoms. The third kappa shape index (κ3) is 4.64. The van der Waals surface area contributed by atoms with E-state index in [1.807, 2.05) is 37.3 Å². The number of rotatable bonds is 6. The number of nitrogens with zero attached hydrogens (tertiary/aromatic N) is 1. The standard InChI is InChI=1S/C27H25ClN4O4/c1-14-6-8-18(11-21(14)28)31-25(34)20-12-19(20)16-4-3-5-17(10-16)30-22-13-24(33)32(27(22)36)23-9-7-15(2)29-26(23)35/h3-6,8,10-11,13,19-20,23,30H,2,7,9,12H2,1H3,(H,29,35)(H,31,34)/t19-,20-,23?/m1/s1. The molecule has 1 aliphatic carbocycles. The first kappa shape index (κ1) is 23.8. The summed E-state index contributed by atoms with van der Waals surface area (Å²) in [6, 6.07) is 12.0. The highest BCUT2D eigenvalue weighted by molar-refractivity contribution is 6.31. The maximum atomic E-state index is 12.9. The topological polar surface area (TPSA) is 108 Å². The number of hydrogen-bond acceptors (Lipinski definition) is 5. The maximum absolute atomic E-state index is 12.9. The molecule has 2 fully saturated rings. The predicted molar refractivity (Wildman–Crippen MR) is 136 cm³/mol. The normalized spacial score (nSPS) is 23.3. The number of halogens is 1. The molecule has 3 atom stereocenters. The van der Waals surface area contributed by atoms with Crippen LogP contribution in [0.15, 0.2) is 66.5 Å². The second-order valence-corrected chi connectivity index (χ2v) is 9.78. The number of carbonyl (C=O) groups is 4. The van der Waals surface area contributed by atoms with E-state index in [1.54, 1.807) is 12.1 Å². The molecule has 5 rings (SSSR count). The molecule has 1 saturated carbocycles. The smallest absolute Gasteiger partial charge is 0.278 e. The SMILES string of the molecule is C=C1CCC(N2C(=O)C=C(Nc3cccc([C@H]4C[C@H]4C(=O)Nc4ccc(C)c(Cl)c4)c3)C2=O)C(=O)N1. The second-order valence-electron chi connectivity index (χ2n) is 9.37. The fourth-order valence-corrected chi connectivity index (χ4v) is 4.82. The molecule has 2 aliphatic heterocycles. The van der Waals surface area contributed by atoms with E-state index in [2.05, 4.69) is 22.5 Å². The average molecular weight is 505 g/mol. The van der Waals surface area contributed by atoms with Crippen LogP contribution in [0.2, 0.25) is 5.02 Å². The summed E-state index contributed by atoms with van der Waals surface area (Å²) in [4.78, 5) is 51.5. The first-order valence-corrected chi connectivity index (χ1v) is 12.1. The van der Waals surface area contributed by atoms with Gasteiger partial charge in [-0.15, -0.1) is 0 Å². The van der Waals surface area contributed by atoms with Gasteiger partial charge in [0.15, 0.2) is 0 Å². The van der Waals surface area contributed by atoms with Gasteiger partial charge in [0.25, 0.3) is 11.8 Å². The van der Waals surface area contributed by atoms with Crippen LogP contribution < -0.4 is 16.0 Å². The van der Waals surface area contributed by atoms with Crippen LogP contribution in [0.4, 0.5) is 11.4 Å². The number of hydrogen-bond donors (Lipinski definition) is 3. The zero-order valence-electron chi connectivity index (χ0n) is 19.6. The van der Waals surface area contributed by atoms with E-state index in [-0.39, 0.29) is 23.4 Å². The molecule has 1 saturated heterocycles. The molecule has 0 radical (unpaired) electrons. The molecule has 3 N–H and O–H groups in total. The summed E-state index contributed by atoms with van der Waals surface area (Å²) in [6.45, 7) is 5.63.